The van der Waals surface area contributed by atoms with Crippen molar-refractivity contribution in [2.45, 2.75) is 13.8 Å². The van der Waals surface area contributed by atoms with Crippen LogP contribution in [0.25, 0.3) is 0 Å². The van der Waals surface area contributed by atoms with Gasteiger partial charge in [-0.2, -0.15) is 0 Å². The highest BCUT2D eigenvalue weighted by Gasteiger charge is 2.22. The Balaban J connectivity index is 1.86. The smallest absolute Gasteiger partial charge is 0.321 e. The number of urea groups is 1. The maximum atomic E-state index is 14.2. The van der Waals surface area contributed by atoms with Crippen molar-refractivity contribution in [2.24, 2.45) is 0 Å². The number of halogens is 1. The predicted molar refractivity (Wildman–Crippen MR) is 92.3 cm³/mol. The molecule has 0 spiro atoms. The van der Waals surface area contributed by atoms with Crippen LogP contribution < -0.4 is 15.5 Å². The average molecular weight is 350 g/mol. The Kier molecular flexibility index (Phi) is 6.46. The third kappa shape index (κ3) is 5.25. The zero-order valence-electron chi connectivity index (χ0n) is 14.5. The van der Waals surface area contributed by atoms with Gasteiger partial charge in [0.2, 0.25) is 5.91 Å². The summed E-state index contributed by atoms with van der Waals surface area (Å²) in [4.78, 5) is 38.2. The van der Waals surface area contributed by atoms with Crippen LogP contribution in [0.2, 0.25) is 0 Å². The summed E-state index contributed by atoms with van der Waals surface area (Å²) < 4.78 is 14.2. The number of hydrogen-bond donors (Lipinski definition) is 2. The van der Waals surface area contributed by atoms with Gasteiger partial charge in [-0.15, -0.1) is 0 Å². The molecule has 1 aromatic rings. The molecule has 0 aliphatic carbocycles. The summed E-state index contributed by atoms with van der Waals surface area (Å²) in [7, 11) is 0. The van der Waals surface area contributed by atoms with E-state index in [1.165, 1.54) is 13.0 Å². The highest BCUT2D eigenvalue weighted by molar-refractivity contribution is 5.95. The minimum absolute atomic E-state index is 0.122. The van der Waals surface area contributed by atoms with Gasteiger partial charge in [-0.1, -0.05) is 0 Å². The predicted octanol–water partition coefficient (Wildman–Crippen LogP) is 0.996. The molecule has 0 radical (unpaired) electrons. The van der Waals surface area contributed by atoms with Gasteiger partial charge in [-0.25, -0.2) is 9.18 Å². The summed E-state index contributed by atoms with van der Waals surface area (Å²) in [5, 5.41) is 4.76. The summed E-state index contributed by atoms with van der Waals surface area (Å²) in [6, 6.07) is 3.99. The number of nitrogens with one attached hydrogen (secondary N) is 2. The van der Waals surface area contributed by atoms with Gasteiger partial charge in [0.25, 0.3) is 0 Å². The molecule has 3 amide bonds. The largest absolute Gasteiger partial charge is 0.367 e. The normalized spacial score (nSPS) is 14.9. The van der Waals surface area contributed by atoms with Crippen molar-refractivity contribution in [2.75, 3.05) is 44.2 Å². The van der Waals surface area contributed by atoms with Gasteiger partial charge in [0, 0.05) is 38.3 Å². The molecular weight excluding hydrogens is 327 g/mol. The van der Waals surface area contributed by atoms with Crippen LogP contribution in [0.4, 0.5) is 14.9 Å². The molecule has 1 fully saturated rings. The van der Waals surface area contributed by atoms with Crippen LogP contribution in [0.1, 0.15) is 24.2 Å². The monoisotopic (exact) mass is 350 g/mol. The van der Waals surface area contributed by atoms with Gasteiger partial charge in [-0.3, -0.25) is 19.8 Å². The van der Waals surface area contributed by atoms with E-state index < -0.39 is 11.8 Å². The molecule has 8 heteroatoms. The first-order chi connectivity index (χ1) is 11.9. The van der Waals surface area contributed by atoms with Crippen LogP contribution >= 0.6 is 0 Å². The van der Waals surface area contributed by atoms with Gasteiger partial charge >= 0.3 is 6.03 Å². The molecule has 0 bridgehead atoms. The SMILES string of the molecule is CCNC(=O)NC(=O)CN1CCN(c2ccc(C(C)=O)cc2F)CC1. The number of benzene rings is 1. The molecule has 136 valence electrons. The van der Waals surface area contributed by atoms with E-state index in [1.807, 2.05) is 9.80 Å². The molecule has 1 aromatic carbocycles. The van der Waals surface area contributed by atoms with E-state index in [9.17, 15) is 18.8 Å². The number of imide groups is 1. The van der Waals surface area contributed by atoms with Crippen molar-refractivity contribution in [3.05, 3.63) is 29.6 Å². The fraction of sp³-hybridized carbons (Fsp3) is 0.471. The van der Waals surface area contributed by atoms with E-state index in [0.717, 1.165) is 0 Å². The lowest BCUT2D eigenvalue weighted by Crippen LogP contribution is -2.51. The number of hydrogen-bond acceptors (Lipinski definition) is 5. The fourth-order valence-electron chi connectivity index (χ4n) is 2.70. The van der Waals surface area contributed by atoms with Crippen LogP contribution in [0.5, 0.6) is 0 Å². The lowest BCUT2D eigenvalue weighted by atomic mass is 10.1. The van der Waals surface area contributed by atoms with Crippen LogP contribution in [-0.2, 0) is 4.79 Å². The molecule has 7 nitrogen and oxygen atoms in total. The first-order valence-corrected chi connectivity index (χ1v) is 8.26. The zero-order valence-corrected chi connectivity index (χ0v) is 14.5. The lowest BCUT2D eigenvalue weighted by molar-refractivity contribution is -0.121. The van der Waals surface area contributed by atoms with Gasteiger partial charge in [-0.05, 0) is 32.0 Å². The molecule has 0 unspecified atom stereocenters. The number of rotatable bonds is 5. The molecule has 1 heterocycles. The summed E-state index contributed by atoms with van der Waals surface area (Å²) in [6.45, 7) is 6.02. The van der Waals surface area contributed by atoms with Crippen molar-refractivity contribution in [3.8, 4) is 0 Å². The first kappa shape index (κ1) is 18.9. The van der Waals surface area contributed by atoms with E-state index in [2.05, 4.69) is 10.6 Å². The number of nitrogens with zero attached hydrogens (tertiary/aromatic N) is 2. The lowest BCUT2D eigenvalue weighted by Gasteiger charge is -2.35. The molecule has 1 saturated heterocycles. The van der Waals surface area contributed by atoms with Crippen molar-refractivity contribution < 1.29 is 18.8 Å². The molecule has 2 rings (SSSR count). The van der Waals surface area contributed by atoms with E-state index in [0.29, 0.717) is 44.0 Å². The number of carbonyl (C=O) groups excluding carboxylic acids is 3. The number of anilines is 1. The molecule has 1 aliphatic rings. The number of piperazine rings is 1. The van der Waals surface area contributed by atoms with Gasteiger partial charge in [0.05, 0.1) is 12.2 Å². The third-order valence-corrected chi connectivity index (χ3v) is 4.02. The van der Waals surface area contributed by atoms with E-state index in [-0.39, 0.29) is 18.2 Å². The highest BCUT2D eigenvalue weighted by Crippen LogP contribution is 2.22. The number of Topliss-reactive ketones (excluding diaryl/α,β-unsaturated/α-hetero) is 1. The van der Waals surface area contributed by atoms with Crippen LogP contribution in [0, 0.1) is 5.82 Å². The number of ketones is 1. The Labute approximate surface area is 146 Å². The van der Waals surface area contributed by atoms with E-state index >= 15 is 0 Å². The number of carbonyl (C=O) groups is 3. The Morgan fingerprint density at radius 3 is 2.40 bits per heavy atom. The Hall–Kier alpha value is -2.48. The molecule has 25 heavy (non-hydrogen) atoms. The van der Waals surface area contributed by atoms with Crippen LogP contribution in [0.15, 0.2) is 18.2 Å². The molecule has 0 saturated carbocycles. The zero-order chi connectivity index (χ0) is 18.4. The van der Waals surface area contributed by atoms with Gasteiger partial charge in [0.1, 0.15) is 5.82 Å². The standard InChI is InChI=1S/C17H23FN4O3/c1-3-19-17(25)20-16(24)11-21-6-8-22(9-7-21)15-5-4-13(12(2)23)10-14(15)18/h4-5,10H,3,6-9,11H2,1-2H3,(H2,19,20,24,25). The summed E-state index contributed by atoms with van der Waals surface area (Å²) >= 11 is 0. The molecule has 1 aliphatic heterocycles. The van der Waals surface area contributed by atoms with Crippen molar-refractivity contribution in [1.82, 2.24) is 15.5 Å². The Morgan fingerprint density at radius 2 is 1.84 bits per heavy atom. The minimum Gasteiger partial charge on any atom is -0.367 e. The van der Waals surface area contributed by atoms with Crippen molar-refractivity contribution >= 4 is 23.4 Å². The molecule has 0 aromatic heterocycles. The quantitative estimate of drug-likeness (QED) is 0.774. The first-order valence-electron chi connectivity index (χ1n) is 8.26. The molecule has 2 N–H and O–H groups in total. The molecular formula is C17H23FN4O3. The maximum absolute atomic E-state index is 14.2. The van der Waals surface area contributed by atoms with E-state index in [4.69, 9.17) is 0 Å². The van der Waals surface area contributed by atoms with Crippen molar-refractivity contribution in [3.63, 3.8) is 0 Å². The molecule has 0 atom stereocenters. The van der Waals surface area contributed by atoms with E-state index in [1.54, 1.807) is 19.1 Å². The summed E-state index contributed by atoms with van der Waals surface area (Å²) in [6.07, 6.45) is 0. The van der Waals surface area contributed by atoms with Gasteiger partial charge < -0.3 is 10.2 Å². The second-order valence-electron chi connectivity index (χ2n) is 5.89. The van der Waals surface area contributed by atoms with Crippen LogP contribution in [0.3, 0.4) is 0 Å². The highest BCUT2D eigenvalue weighted by atomic mass is 19.1. The minimum atomic E-state index is -0.501. The van der Waals surface area contributed by atoms with Gasteiger partial charge in [0.15, 0.2) is 5.78 Å². The summed E-state index contributed by atoms with van der Waals surface area (Å²) in [5.74, 6) is -0.958. The maximum Gasteiger partial charge on any atom is 0.321 e. The topological polar surface area (TPSA) is 81.8 Å². The van der Waals surface area contributed by atoms with Crippen LogP contribution in [-0.4, -0.2) is 61.9 Å². The number of amides is 3. The fourth-order valence-corrected chi connectivity index (χ4v) is 2.70. The Morgan fingerprint density at radius 1 is 1.16 bits per heavy atom. The Bertz CT molecular complexity index is 657. The third-order valence-electron chi connectivity index (χ3n) is 4.02. The second kappa shape index (κ2) is 8.57. The summed E-state index contributed by atoms with van der Waals surface area (Å²) in [5.41, 5.74) is 0.804. The second-order valence-corrected chi connectivity index (χ2v) is 5.89. The average Bonchev–Trinajstić information content (AvgIpc) is 2.55. The van der Waals surface area contributed by atoms with Crippen molar-refractivity contribution in [1.29, 1.82) is 0 Å².